The Kier molecular flexibility index (Phi) is 4.81. The molecule has 0 aliphatic heterocycles. The van der Waals surface area contributed by atoms with Gasteiger partial charge in [0.25, 0.3) is 0 Å². The Hall–Kier alpha value is -3.59. The number of anilines is 1. The van der Waals surface area contributed by atoms with Crippen LogP contribution in [0.1, 0.15) is 5.56 Å². The molecule has 0 spiro atoms. The summed E-state index contributed by atoms with van der Waals surface area (Å²) < 4.78 is 1.54. The second-order valence-electron chi connectivity index (χ2n) is 6.01. The van der Waals surface area contributed by atoms with Crippen LogP contribution in [0.25, 0.3) is 17.1 Å². The van der Waals surface area contributed by atoms with Crippen molar-refractivity contribution in [2.24, 2.45) is 0 Å². The van der Waals surface area contributed by atoms with Crippen LogP contribution in [0.5, 0.6) is 0 Å². The molecule has 0 saturated heterocycles. The summed E-state index contributed by atoms with van der Waals surface area (Å²) in [6, 6.07) is 12.8. The van der Waals surface area contributed by atoms with Gasteiger partial charge in [-0.15, -0.1) is 10.2 Å². The van der Waals surface area contributed by atoms with E-state index in [1.165, 1.54) is 22.1 Å². The van der Waals surface area contributed by atoms with E-state index in [1.54, 1.807) is 18.2 Å². The average Bonchev–Trinajstić information content (AvgIpc) is 3.34. The maximum absolute atomic E-state index is 12.5. The summed E-state index contributed by atoms with van der Waals surface area (Å²) in [4.78, 5) is 17.7. The zero-order valence-corrected chi connectivity index (χ0v) is 15.6. The summed E-state index contributed by atoms with van der Waals surface area (Å²) in [6.07, 6.45) is 2.94. The SMILES string of the molecule is Cc1ccccc1-c1nnn(CC(=O)Nc2cc(Cl)ccc2-n2cncn2)n1. The summed E-state index contributed by atoms with van der Waals surface area (Å²) in [5, 5.41) is 19.7. The van der Waals surface area contributed by atoms with Gasteiger partial charge >= 0.3 is 0 Å². The highest BCUT2D eigenvalue weighted by Crippen LogP contribution is 2.24. The van der Waals surface area contributed by atoms with Gasteiger partial charge in [-0.2, -0.15) is 9.90 Å². The molecule has 9 nitrogen and oxygen atoms in total. The van der Waals surface area contributed by atoms with E-state index in [0.717, 1.165) is 11.1 Å². The van der Waals surface area contributed by atoms with E-state index in [0.29, 0.717) is 22.2 Å². The van der Waals surface area contributed by atoms with Crippen LogP contribution < -0.4 is 5.32 Å². The Labute approximate surface area is 165 Å². The minimum atomic E-state index is -0.322. The molecule has 10 heteroatoms. The summed E-state index contributed by atoms with van der Waals surface area (Å²) in [5.41, 5.74) is 3.05. The summed E-state index contributed by atoms with van der Waals surface area (Å²) >= 11 is 6.07. The molecule has 2 aromatic carbocycles. The largest absolute Gasteiger partial charge is 0.322 e. The maximum Gasteiger partial charge on any atom is 0.248 e. The molecule has 2 aromatic heterocycles. The van der Waals surface area contributed by atoms with Crippen LogP contribution in [0.2, 0.25) is 5.02 Å². The fraction of sp³-hybridized carbons (Fsp3) is 0.111. The Morgan fingerprint density at radius 2 is 2.07 bits per heavy atom. The molecule has 1 amide bonds. The van der Waals surface area contributed by atoms with E-state index in [1.807, 2.05) is 31.2 Å². The molecule has 4 aromatic rings. The number of nitrogens with zero attached hydrogens (tertiary/aromatic N) is 7. The lowest BCUT2D eigenvalue weighted by molar-refractivity contribution is -0.117. The number of hydrogen-bond acceptors (Lipinski definition) is 6. The van der Waals surface area contributed by atoms with E-state index in [9.17, 15) is 4.79 Å². The lowest BCUT2D eigenvalue weighted by Crippen LogP contribution is -2.21. The van der Waals surface area contributed by atoms with Crippen molar-refractivity contribution in [2.75, 3.05) is 5.32 Å². The maximum atomic E-state index is 12.5. The van der Waals surface area contributed by atoms with Gasteiger partial charge in [0.1, 0.15) is 19.2 Å². The van der Waals surface area contributed by atoms with Crippen molar-refractivity contribution in [2.45, 2.75) is 13.5 Å². The predicted octanol–water partition coefficient (Wildman–Crippen LogP) is 2.52. The molecule has 4 rings (SSSR count). The Morgan fingerprint density at radius 1 is 1.21 bits per heavy atom. The van der Waals surface area contributed by atoms with Crippen LogP contribution >= 0.6 is 11.6 Å². The molecule has 0 atom stereocenters. The van der Waals surface area contributed by atoms with Gasteiger partial charge in [0.15, 0.2) is 0 Å². The quantitative estimate of drug-likeness (QED) is 0.557. The molecule has 0 bridgehead atoms. The van der Waals surface area contributed by atoms with Crippen molar-refractivity contribution >= 4 is 23.2 Å². The standard InChI is InChI=1S/C18H15ClN8O/c1-12-4-2-3-5-14(12)18-23-25-27(24-18)9-17(28)22-15-8-13(19)6-7-16(15)26-11-20-10-21-26/h2-8,10-11H,9H2,1H3,(H,22,28). The lowest BCUT2D eigenvalue weighted by atomic mass is 10.1. The van der Waals surface area contributed by atoms with Crippen LogP contribution in [-0.4, -0.2) is 40.9 Å². The van der Waals surface area contributed by atoms with E-state index in [4.69, 9.17) is 11.6 Å². The minimum absolute atomic E-state index is 0.0950. The molecule has 0 fully saturated rings. The summed E-state index contributed by atoms with van der Waals surface area (Å²) in [5.74, 6) is 0.148. The third kappa shape index (κ3) is 3.74. The first kappa shape index (κ1) is 17.8. The first-order valence-corrected chi connectivity index (χ1v) is 8.76. The van der Waals surface area contributed by atoms with Gasteiger partial charge < -0.3 is 5.32 Å². The number of hydrogen-bond donors (Lipinski definition) is 1. The first-order valence-electron chi connectivity index (χ1n) is 8.38. The monoisotopic (exact) mass is 394 g/mol. The van der Waals surface area contributed by atoms with Gasteiger partial charge in [0, 0.05) is 10.6 Å². The molecule has 0 saturated carbocycles. The van der Waals surface area contributed by atoms with Crippen molar-refractivity contribution < 1.29 is 4.79 Å². The zero-order chi connectivity index (χ0) is 19.5. The van der Waals surface area contributed by atoms with Gasteiger partial charge in [0.2, 0.25) is 11.7 Å². The number of tetrazole rings is 1. The number of halogens is 1. The van der Waals surface area contributed by atoms with Gasteiger partial charge in [0.05, 0.1) is 11.4 Å². The Morgan fingerprint density at radius 3 is 2.86 bits per heavy atom. The Balaban J connectivity index is 1.52. The second-order valence-corrected chi connectivity index (χ2v) is 6.44. The molecule has 0 unspecified atom stereocenters. The molecule has 0 radical (unpaired) electrons. The average molecular weight is 395 g/mol. The minimum Gasteiger partial charge on any atom is -0.322 e. The smallest absolute Gasteiger partial charge is 0.248 e. The number of aromatic nitrogens is 7. The molecular formula is C18H15ClN8O. The second kappa shape index (κ2) is 7.57. The summed E-state index contributed by atoms with van der Waals surface area (Å²) in [6.45, 7) is 1.87. The Bertz CT molecular complexity index is 1120. The number of carbonyl (C=O) groups is 1. The first-order chi connectivity index (χ1) is 13.6. The number of carbonyl (C=O) groups excluding carboxylic acids is 1. The van der Waals surface area contributed by atoms with Crippen molar-refractivity contribution in [3.63, 3.8) is 0 Å². The molecule has 0 aliphatic rings. The number of nitrogens with one attached hydrogen (secondary N) is 1. The van der Waals surface area contributed by atoms with Crippen molar-refractivity contribution in [3.05, 3.63) is 65.7 Å². The molecular weight excluding hydrogens is 380 g/mol. The zero-order valence-electron chi connectivity index (χ0n) is 14.8. The fourth-order valence-corrected chi connectivity index (χ4v) is 2.87. The van der Waals surface area contributed by atoms with E-state index < -0.39 is 0 Å². The van der Waals surface area contributed by atoms with Crippen LogP contribution in [-0.2, 0) is 11.3 Å². The van der Waals surface area contributed by atoms with Gasteiger partial charge in [-0.05, 0) is 35.9 Å². The molecule has 0 aliphatic carbocycles. The number of benzene rings is 2. The topological polar surface area (TPSA) is 103 Å². The lowest BCUT2D eigenvalue weighted by Gasteiger charge is -2.11. The fourth-order valence-electron chi connectivity index (χ4n) is 2.70. The van der Waals surface area contributed by atoms with Crippen LogP contribution in [0.3, 0.4) is 0 Å². The van der Waals surface area contributed by atoms with E-state index in [2.05, 4.69) is 30.8 Å². The normalized spacial score (nSPS) is 10.8. The molecule has 28 heavy (non-hydrogen) atoms. The highest BCUT2D eigenvalue weighted by Gasteiger charge is 2.13. The third-order valence-electron chi connectivity index (χ3n) is 4.02. The van der Waals surface area contributed by atoms with E-state index in [-0.39, 0.29) is 12.5 Å². The third-order valence-corrected chi connectivity index (χ3v) is 4.26. The highest BCUT2D eigenvalue weighted by molar-refractivity contribution is 6.31. The van der Waals surface area contributed by atoms with Gasteiger partial charge in [-0.3, -0.25) is 4.79 Å². The number of amides is 1. The molecule has 140 valence electrons. The van der Waals surface area contributed by atoms with Crippen molar-refractivity contribution in [3.8, 4) is 17.1 Å². The van der Waals surface area contributed by atoms with Gasteiger partial charge in [-0.1, -0.05) is 35.9 Å². The van der Waals surface area contributed by atoms with Crippen LogP contribution in [0.15, 0.2) is 55.1 Å². The highest BCUT2D eigenvalue weighted by atomic mass is 35.5. The number of rotatable bonds is 5. The van der Waals surface area contributed by atoms with Gasteiger partial charge in [-0.25, -0.2) is 9.67 Å². The predicted molar refractivity (Wildman–Crippen MR) is 103 cm³/mol. The van der Waals surface area contributed by atoms with Crippen LogP contribution in [0.4, 0.5) is 5.69 Å². The molecule has 1 N–H and O–H groups in total. The summed E-state index contributed by atoms with van der Waals surface area (Å²) in [7, 11) is 0. The number of aryl methyl sites for hydroxylation is 1. The van der Waals surface area contributed by atoms with Crippen molar-refractivity contribution in [1.29, 1.82) is 0 Å². The van der Waals surface area contributed by atoms with Crippen LogP contribution in [0, 0.1) is 6.92 Å². The molecule has 2 heterocycles. The van der Waals surface area contributed by atoms with E-state index >= 15 is 0 Å². The van der Waals surface area contributed by atoms with Crippen molar-refractivity contribution in [1.82, 2.24) is 35.0 Å².